The highest BCUT2D eigenvalue weighted by Gasteiger charge is 2.24. The molecule has 1 atom stereocenters. The van der Waals surface area contributed by atoms with Crippen LogP contribution in [0.3, 0.4) is 0 Å². The topological polar surface area (TPSA) is 73.9 Å². The van der Waals surface area contributed by atoms with E-state index in [1.54, 1.807) is 0 Å². The molecule has 1 fully saturated rings. The molecule has 0 bridgehead atoms. The highest BCUT2D eigenvalue weighted by atomic mass is 16.5. The van der Waals surface area contributed by atoms with Crippen LogP contribution >= 0.6 is 0 Å². The van der Waals surface area contributed by atoms with Gasteiger partial charge in [-0.05, 0) is 30.2 Å². The van der Waals surface area contributed by atoms with Crippen molar-refractivity contribution in [3.05, 3.63) is 65.2 Å². The summed E-state index contributed by atoms with van der Waals surface area (Å²) in [6.07, 6.45) is 0. The Balaban J connectivity index is 1.60. The van der Waals surface area contributed by atoms with Gasteiger partial charge in [0.25, 0.3) is 0 Å². The van der Waals surface area contributed by atoms with E-state index in [0.29, 0.717) is 26.3 Å². The van der Waals surface area contributed by atoms with E-state index in [9.17, 15) is 9.59 Å². The SMILES string of the molecule is Cc1ccc(CNC(=O)C(=O)NC[C@H](c2ccc(N(C)C)cc2)N2CCOCC2)cc1. The van der Waals surface area contributed by atoms with Crippen LogP contribution < -0.4 is 15.5 Å². The third kappa shape index (κ3) is 6.54. The average molecular weight is 425 g/mol. The summed E-state index contributed by atoms with van der Waals surface area (Å²) in [5.74, 6) is -1.24. The smallest absolute Gasteiger partial charge is 0.309 e. The zero-order chi connectivity index (χ0) is 22.2. The number of benzene rings is 2. The summed E-state index contributed by atoms with van der Waals surface area (Å²) in [5, 5.41) is 5.51. The second-order valence-electron chi connectivity index (χ2n) is 8.03. The van der Waals surface area contributed by atoms with Crippen LogP contribution in [0, 0.1) is 6.92 Å². The van der Waals surface area contributed by atoms with E-state index in [0.717, 1.165) is 35.5 Å². The molecule has 2 aromatic carbocycles. The number of hydrogen-bond donors (Lipinski definition) is 2. The fraction of sp³-hybridized carbons (Fsp3) is 0.417. The van der Waals surface area contributed by atoms with Crippen LogP contribution in [0.5, 0.6) is 0 Å². The number of amides is 2. The van der Waals surface area contributed by atoms with Crippen LogP contribution in [-0.4, -0.2) is 63.7 Å². The minimum atomic E-state index is -0.621. The average Bonchev–Trinajstić information content (AvgIpc) is 2.79. The molecule has 31 heavy (non-hydrogen) atoms. The molecule has 1 aliphatic rings. The molecule has 2 amide bonds. The van der Waals surface area contributed by atoms with Crippen molar-refractivity contribution < 1.29 is 14.3 Å². The van der Waals surface area contributed by atoms with E-state index < -0.39 is 11.8 Å². The monoisotopic (exact) mass is 424 g/mol. The van der Waals surface area contributed by atoms with Gasteiger partial charge in [-0.3, -0.25) is 14.5 Å². The minimum absolute atomic E-state index is 0.0195. The lowest BCUT2D eigenvalue weighted by atomic mass is 10.0. The van der Waals surface area contributed by atoms with Gasteiger partial charge in [0.1, 0.15) is 0 Å². The first-order valence-corrected chi connectivity index (χ1v) is 10.6. The number of nitrogens with zero attached hydrogens (tertiary/aromatic N) is 2. The van der Waals surface area contributed by atoms with E-state index in [4.69, 9.17) is 4.74 Å². The van der Waals surface area contributed by atoms with Crippen LogP contribution in [0.25, 0.3) is 0 Å². The number of rotatable bonds is 7. The van der Waals surface area contributed by atoms with Crippen molar-refractivity contribution in [2.45, 2.75) is 19.5 Å². The second-order valence-corrected chi connectivity index (χ2v) is 8.03. The molecule has 0 radical (unpaired) electrons. The molecule has 0 aromatic heterocycles. The summed E-state index contributed by atoms with van der Waals surface area (Å²) in [7, 11) is 4.01. The summed E-state index contributed by atoms with van der Waals surface area (Å²) in [6, 6.07) is 16.1. The molecular weight excluding hydrogens is 392 g/mol. The zero-order valence-corrected chi connectivity index (χ0v) is 18.6. The Hall–Kier alpha value is -2.90. The largest absolute Gasteiger partial charge is 0.379 e. The number of morpholine rings is 1. The summed E-state index contributed by atoms with van der Waals surface area (Å²) in [6.45, 7) is 5.60. The highest BCUT2D eigenvalue weighted by Crippen LogP contribution is 2.23. The van der Waals surface area contributed by atoms with Gasteiger partial charge in [-0.1, -0.05) is 42.0 Å². The molecule has 1 heterocycles. The lowest BCUT2D eigenvalue weighted by Gasteiger charge is -2.35. The van der Waals surface area contributed by atoms with E-state index >= 15 is 0 Å². The Morgan fingerprint density at radius 3 is 2.19 bits per heavy atom. The molecule has 7 nitrogen and oxygen atoms in total. The first-order chi connectivity index (χ1) is 14.9. The highest BCUT2D eigenvalue weighted by molar-refractivity contribution is 6.35. The van der Waals surface area contributed by atoms with Crippen LogP contribution in [0.1, 0.15) is 22.7 Å². The first kappa shape index (κ1) is 22.8. The minimum Gasteiger partial charge on any atom is -0.379 e. The fourth-order valence-electron chi connectivity index (χ4n) is 3.58. The van der Waals surface area contributed by atoms with Crippen molar-refractivity contribution in [3.8, 4) is 0 Å². The van der Waals surface area contributed by atoms with Crippen LogP contribution in [0.15, 0.2) is 48.5 Å². The summed E-state index contributed by atoms with van der Waals surface area (Å²) in [4.78, 5) is 29.0. The van der Waals surface area contributed by atoms with Crippen LogP contribution in [0.2, 0.25) is 0 Å². The first-order valence-electron chi connectivity index (χ1n) is 10.6. The molecule has 1 aliphatic heterocycles. The third-order valence-corrected chi connectivity index (χ3v) is 5.52. The fourth-order valence-corrected chi connectivity index (χ4v) is 3.58. The maximum Gasteiger partial charge on any atom is 0.309 e. The van der Waals surface area contributed by atoms with Gasteiger partial charge in [0.05, 0.1) is 19.3 Å². The predicted molar refractivity (Wildman–Crippen MR) is 122 cm³/mol. The van der Waals surface area contributed by atoms with E-state index in [-0.39, 0.29) is 6.04 Å². The third-order valence-electron chi connectivity index (χ3n) is 5.52. The predicted octanol–water partition coefficient (Wildman–Crippen LogP) is 1.87. The van der Waals surface area contributed by atoms with Gasteiger partial charge in [-0.15, -0.1) is 0 Å². The van der Waals surface area contributed by atoms with Gasteiger partial charge in [0, 0.05) is 46.0 Å². The number of carbonyl (C=O) groups excluding carboxylic acids is 2. The van der Waals surface area contributed by atoms with Gasteiger partial charge in [-0.2, -0.15) is 0 Å². The number of ether oxygens (including phenoxy) is 1. The van der Waals surface area contributed by atoms with Gasteiger partial charge >= 0.3 is 11.8 Å². The number of carbonyl (C=O) groups is 2. The quantitative estimate of drug-likeness (QED) is 0.664. The molecule has 0 spiro atoms. The lowest BCUT2D eigenvalue weighted by Crippen LogP contribution is -2.46. The Morgan fingerprint density at radius 2 is 1.58 bits per heavy atom. The van der Waals surface area contributed by atoms with E-state index in [1.807, 2.05) is 50.2 Å². The molecule has 2 N–H and O–H groups in total. The van der Waals surface area contributed by atoms with Gasteiger partial charge < -0.3 is 20.3 Å². The molecular formula is C24H32N4O3. The number of anilines is 1. The van der Waals surface area contributed by atoms with Crippen molar-refractivity contribution in [3.63, 3.8) is 0 Å². The molecule has 3 rings (SSSR count). The number of hydrogen-bond acceptors (Lipinski definition) is 5. The van der Waals surface area contributed by atoms with Gasteiger partial charge in [-0.25, -0.2) is 0 Å². The Kier molecular flexibility index (Phi) is 8.03. The summed E-state index contributed by atoms with van der Waals surface area (Å²) >= 11 is 0. The number of nitrogens with one attached hydrogen (secondary N) is 2. The Labute approximate surface area is 184 Å². The summed E-state index contributed by atoms with van der Waals surface area (Å²) < 4.78 is 5.48. The Morgan fingerprint density at radius 1 is 0.968 bits per heavy atom. The maximum atomic E-state index is 12.4. The van der Waals surface area contributed by atoms with Crippen molar-refractivity contribution in [2.75, 3.05) is 51.8 Å². The lowest BCUT2D eigenvalue weighted by molar-refractivity contribution is -0.139. The maximum absolute atomic E-state index is 12.4. The normalized spacial score (nSPS) is 15.2. The molecule has 2 aromatic rings. The molecule has 1 saturated heterocycles. The molecule has 7 heteroatoms. The van der Waals surface area contributed by atoms with Crippen molar-refractivity contribution >= 4 is 17.5 Å². The summed E-state index contributed by atoms with van der Waals surface area (Å²) in [5.41, 5.74) is 4.33. The van der Waals surface area contributed by atoms with Gasteiger partial charge in [0.2, 0.25) is 0 Å². The van der Waals surface area contributed by atoms with Crippen LogP contribution in [0.4, 0.5) is 5.69 Å². The van der Waals surface area contributed by atoms with Crippen molar-refractivity contribution in [1.82, 2.24) is 15.5 Å². The molecule has 166 valence electrons. The molecule has 0 aliphatic carbocycles. The molecule has 0 unspecified atom stereocenters. The van der Waals surface area contributed by atoms with Crippen molar-refractivity contribution in [2.24, 2.45) is 0 Å². The molecule has 0 saturated carbocycles. The number of aryl methyl sites for hydroxylation is 1. The Bertz CT molecular complexity index is 859. The van der Waals surface area contributed by atoms with E-state index in [1.165, 1.54) is 0 Å². The van der Waals surface area contributed by atoms with Gasteiger partial charge in [0.15, 0.2) is 0 Å². The van der Waals surface area contributed by atoms with E-state index in [2.05, 4.69) is 39.8 Å². The van der Waals surface area contributed by atoms with Crippen LogP contribution in [-0.2, 0) is 20.9 Å². The van der Waals surface area contributed by atoms with Crippen molar-refractivity contribution in [1.29, 1.82) is 0 Å². The standard InChI is InChI=1S/C24H32N4O3/c1-18-4-6-19(7-5-18)16-25-23(29)24(30)26-17-22(28-12-14-31-15-13-28)20-8-10-21(11-9-20)27(2)3/h4-11,22H,12-17H2,1-3H3,(H,25,29)(H,26,30)/t22-/m1/s1. The second kappa shape index (κ2) is 10.9. The zero-order valence-electron chi connectivity index (χ0n) is 18.6.